The van der Waals surface area contributed by atoms with E-state index >= 15 is 0 Å². The highest BCUT2D eigenvalue weighted by atomic mass is 32.2. The maximum absolute atomic E-state index is 12.9. The number of nitrogens with one attached hydrogen (secondary N) is 1. The first-order valence-corrected chi connectivity index (χ1v) is 10.4. The van der Waals surface area contributed by atoms with Crippen LogP contribution >= 0.6 is 0 Å². The van der Waals surface area contributed by atoms with Crippen LogP contribution in [0, 0.1) is 12.8 Å². The number of carbonyl (C=O) groups excluding carboxylic acids is 1. The van der Waals surface area contributed by atoms with Gasteiger partial charge in [0, 0.05) is 5.92 Å². The molecule has 1 aliphatic carbocycles. The van der Waals surface area contributed by atoms with E-state index in [1.54, 1.807) is 31.2 Å². The van der Waals surface area contributed by atoms with Gasteiger partial charge in [0.25, 0.3) is 0 Å². The van der Waals surface area contributed by atoms with Crippen molar-refractivity contribution < 1.29 is 17.9 Å². The lowest BCUT2D eigenvalue weighted by molar-refractivity contribution is -0.144. The molecule has 2 aromatic rings. The van der Waals surface area contributed by atoms with Gasteiger partial charge in [-0.05, 0) is 37.1 Å². The lowest BCUT2D eigenvalue weighted by Crippen LogP contribution is -2.35. The van der Waals surface area contributed by atoms with Gasteiger partial charge in [-0.25, -0.2) is 13.1 Å². The summed E-state index contributed by atoms with van der Waals surface area (Å²) in [5, 5.41) is 0. The molecule has 3 rings (SSSR count). The molecule has 27 heavy (non-hydrogen) atoms. The number of sulfonamides is 1. The minimum atomic E-state index is -3.74. The quantitative estimate of drug-likeness (QED) is 0.771. The molecule has 1 N–H and O–H groups in total. The second-order valence-electron chi connectivity index (χ2n) is 6.57. The molecule has 0 bridgehead atoms. The minimum Gasteiger partial charge on any atom is -0.466 e. The van der Waals surface area contributed by atoms with Crippen LogP contribution in [0.5, 0.6) is 0 Å². The maximum atomic E-state index is 12.9. The molecule has 0 fully saturated rings. The second-order valence-corrected chi connectivity index (χ2v) is 8.29. The molecule has 0 spiro atoms. The zero-order chi connectivity index (χ0) is 19.4. The van der Waals surface area contributed by atoms with Crippen molar-refractivity contribution in [3.63, 3.8) is 0 Å². The zero-order valence-corrected chi connectivity index (χ0v) is 16.2. The summed E-state index contributed by atoms with van der Waals surface area (Å²) in [5.74, 6) is -0.662. The van der Waals surface area contributed by atoms with Gasteiger partial charge in [0.2, 0.25) is 10.0 Å². The fourth-order valence-electron chi connectivity index (χ4n) is 3.22. The second kappa shape index (κ2) is 8.06. The largest absolute Gasteiger partial charge is 0.466 e. The van der Waals surface area contributed by atoms with Crippen molar-refractivity contribution in [3.05, 3.63) is 71.3 Å². The molecule has 0 aromatic heterocycles. The highest BCUT2D eigenvalue weighted by Crippen LogP contribution is 2.35. The van der Waals surface area contributed by atoms with E-state index in [1.165, 1.54) is 0 Å². The van der Waals surface area contributed by atoms with Crippen LogP contribution in [0.4, 0.5) is 0 Å². The Balaban J connectivity index is 1.93. The Morgan fingerprint density at radius 1 is 1.11 bits per heavy atom. The summed E-state index contributed by atoms with van der Waals surface area (Å²) in [4.78, 5) is 12.2. The normalized spacial score (nSPS) is 18.7. The average molecular weight is 385 g/mol. The first kappa shape index (κ1) is 19.3. The lowest BCUT2D eigenvalue weighted by Gasteiger charge is -2.30. The Hall–Kier alpha value is -2.44. The average Bonchev–Trinajstić information content (AvgIpc) is 2.64. The SMILES string of the molecule is CCOC(=O)C[C@@H]1C=Cc2ccccc2[C@H]1NS(=O)(=O)c1ccc(C)cc1. The van der Waals surface area contributed by atoms with Gasteiger partial charge >= 0.3 is 5.97 Å². The van der Waals surface area contributed by atoms with Gasteiger partial charge < -0.3 is 4.74 Å². The molecule has 142 valence electrons. The number of ether oxygens (including phenoxy) is 1. The minimum absolute atomic E-state index is 0.111. The maximum Gasteiger partial charge on any atom is 0.306 e. The van der Waals surface area contributed by atoms with E-state index in [2.05, 4.69) is 4.72 Å². The van der Waals surface area contributed by atoms with Crippen LogP contribution in [-0.2, 0) is 19.6 Å². The number of hydrogen-bond acceptors (Lipinski definition) is 4. The third-order valence-electron chi connectivity index (χ3n) is 4.60. The van der Waals surface area contributed by atoms with Crippen LogP contribution in [0.2, 0.25) is 0 Å². The number of rotatable bonds is 6. The van der Waals surface area contributed by atoms with Crippen molar-refractivity contribution in [2.45, 2.75) is 31.2 Å². The van der Waals surface area contributed by atoms with E-state index in [4.69, 9.17) is 4.74 Å². The van der Waals surface area contributed by atoms with Gasteiger partial charge in [-0.1, -0.05) is 54.1 Å². The topological polar surface area (TPSA) is 72.5 Å². The summed E-state index contributed by atoms with van der Waals surface area (Å²) < 4.78 is 33.7. The van der Waals surface area contributed by atoms with Crippen molar-refractivity contribution in [2.75, 3.05) is 6.61 Å². The highest BCUT2D eigenvalue weighted by Gasteiger charge is 2.32. The molecule has 0 unspecified atom stereocenters. The van der Waals surface area contributed by atoms with Crippen molar-refractivity contribution in [1.82, 2.24) is 4.72 Å². The van der Waals surface area contributed by atoms with Gasteiger partial charge in [-0.15, -0.1) is 0 Å². The first-order chi connectivity index (χ1) is 12.9. The lowest BCUT2D eigenvalue weighted by atomic mass is 9.83. The number of carbonyl (C=O) groups is 1. The molecule has 0 saturated heterocycles. The van der Waals surface area contributed by atoms with E-state index in [0.717, 1.165) is 16.7 Å². The Bertz CT molecular complexity index is 948. The monoisotopic (exact) mass is 385 g/mol. The molecule has 0 radical (unpaired) electrons. The Morgan fingerprint density at radius 3 is 2.52 bits per heavy atom. The Labute approximate surface area is 160 Å². The van der Waals surface area contributed by atoms with Crippen LogP contribution in [-0.4, -0.2) is 21.0 Å². The zero-order valence-electron chi connectivity index (χ0n) is 15.4. The molecule has 0 heterocycles. The van der Waals surface area contributed by atoms with Crippen LogP contribution in [0.25, 0.3) is 6.08 Å². The van der Waals surface area contributed by atoms with Crippen molar-refractivity contribution in [2.24, 2.45) is 5.92 Å². The number of hydrogen-bond donors (Lipinski definition) is 1. The van der Waals surface area contributed by atoms with Crippen LogP contribution in [0.1, 0.15) is 36.1 Å². The predicted molar refractivity (Wildman–Crippen MR) is 104 cm³/mol. The Morgan fingerprint density at radius 2 is 1.81 bits per heavy atom. The fourth-order valence-corrected chi connectivity index (χ4v) is 4.48. The molecule has 2 atom stereocenters. The van der Waals surface area contributed by atoms with Gasteiger partial charge in [0.1, 0.15) is 0 Å². The van der Waals surface area contributed by atoms with E-state index in [-0.39, 0.29) is 23.2 Å². The molecule has 0 saturated carbocycles. The van der Waals surface area contributed by atoms with E-state index in [1.807, 2.05) is 43.3 Å². The number of benzene rings is 2. The summed E-state index contributed by atoms with van der Waals surface area (Å²) >= 11 is 0. The number of fused-ring (bicyclic) bond motifs is 1. The van der Waals surface area contributed by atoms with Crippen molar-refractivity contribution in [1.29, 1.82) is 0 Å². The van der Waals surface area contributed by atoms with Gasteiger partial charge in [0.05, 0.1) is 24.0 Å². The summed E-state index contributed by atoms with van der Waals surface area (Å²) in [7, 11) is -3.74. The highest BCUT2D eigenvalue weighted by molar-refractivity contribution is 7.89. The fraction of sp³-hybridized carbons (Fsp3) is 0.286. The van der Waals surface area contributed by atoms with E-state index < -0.39 is 16.1 Å². The van der Waals surface area contributed by atoms with Crippen LogP contribution in [0.15, 0.2) is 59.5 Å². The smallest absolute Gasteiger partial charge is 0.306 e. The third kappa shape index (κ3) is 4.46. The molecule has 0 amide bonds. The van der Waals surface area contributed by atoms with Gasteiger partial charge in [0.15, 0.2) is 0 Å². The number of aryl methyl sites for hydroxylation is 1. The molecule has 2 aromatic carbocycles. The first-order valence-electron chi connectivity index (χ1n) is 8.92. The van der Waals surface area contributed by atoms with Crippen LogP contribution in [0.3, 0.4) is 0 Å². The summed E-state index contributed by atoms with van der Waals surface area (Å²) in [6, 6.07) is 13.7. The summed E-state index contributed by atoms with van der Waals surface area (Å²) in [6.45, 7) is 3.95. The van der Waals surface area contributed by atoms with E-state index in [9.17, 15) is 13.2 Å². The van der Waals surface area contributed by atoms with Crippen molar-refractivity contribution in [3.8, 4) is 0 Å². The van der Waals surface area contributed by atoms with Crippen molar-refractivity contribution >= 4 is 22.1 Å². The molecular weight excluding hydrogens is 362 g/mol. The summed E-state index contributed by atoms with van der Waals surface area (Å²) in [5.41, 5.74) is 2.78. The number of esters is 1. The molecule has 5 nitrogen and oxygen atoms in total. The standard InChI is InChI=1S/C21H23NO4S/c1-3-26-20(23)14-17-11-10-16-6-4-5-7-19(16)21(17)22-27(24,25)18-12-8-15(2)9-13-18/h4-13,17,21-22H,3,14H2,1-2H3/t17-,21-/m0/s1. The molecule has 0 aliphatic heterocycles. The van der Waals surface area contributed by atoms with Gasteiger partial charge in [-0.2, -0.15) is 0 Å². The molecule has 6 heteroatoms. The molecule has 1 aliphatic rings. The van der Waals surface area contributed by atoms with Crippen LogP contribution < -0.4 is 4.72 Å². The Kier molecular flexibility index (Phi) is 5.77. The molecular formula is C21H23NO4S. The van der Waals surface area contributed by atoms with E-state index in [0.29, 0.717) is 6.61 Å². The summed E-state index contributed by atoms with van der Waals surface area (Å²) in [6.07, 6.45) is 3.91. The predicted octanol–water partition coefficient (Wildman–Crippen LogP) is 3.61. The third-order valence-corrected chi connectivity index (χ3v) is 6.06. The van der Waals surface area contributed by atoms with Gasteiger partial charge in [-0.3, -0.25) is 4.79 Å².